The number of rotatable bonds is 8. The average molecular weight is 242 g/mol. The van der Waals surface area contributed by atoms with E-state index in [0.717, 1.165) is 6.42 Å². The zero-order chi connectivity index (χ0) is 13.3. The van der Waals surface area contributed by atoms with E-state index in [2.05, 4.69) is 6.58 Å². The van der Waals surface area contributed by atoms with Crippen molar-refractivity contribution in [2.75, 3.05) is 13.2 Å². The molecule has 0 N–H and O–H groups in total. The van der Waals surface area contributed by atoms with Crippen molar-refractivity contribution in [2.45, 2.75) is 40.0 Å². The molecule has 4 nitrogen and oxygen atoms in total. The first-order valence-corrected chi connectivity index (χ1v) is 6.04. The molecule has 17 heavy (non-hydrogen) atoms. The molecule has 0 heterocycles. The largest absolute Gasteiger partial charge is 0.465 e. The fourth-order valence-corrected chi connectivity index (χ4v) is 1.52. The Morgan fingerprint density at radius 2 is 1.65 bits per heavy atom. The van der Waals surface area contributed by atoms with Crippen molar-refractivity contribution in [3.63, 3.8) is 0 Å². The van der Waals surface area contributed by atoms with Crippen molar-refractivity contribution in [1.29, 1.82) is 0 Å². The summed E-state index contributed by atoms with van der Waals surface area (Å²) in [6, 6.07) is 0. The van der Waals surface area contributed by atoms with Gasteiger partial charge in [0.15, 0.2) is 5.41 Å². The molecule has 0 radical (unpaired) electrons. The Morgan fingerprint density at radius 1 is 1.12 bits per heavy atom. The molecule has 0 rings (SSSR count). The monoisotopic (exact) mass is 242 g/mol. The standard InChI is InChI=1S/C13H22O4/c1-5-9-16-11(14)13(7-3,8-4)12(15)17-10-6-2/h5H,1,6-10H2,2-4H3. The molecule has 0 fully saturated rings. The number of ether oxygens (including phenoxy) is 2. The van der Waals surface area contributed by atoms with Crippen LogP contribution in [0, 0.1) is 5.41 Å². The molecule has 0 unspecified atom stereocenters. The molecule has 0 amide bonds. The highest BCUT2D eigenvalue weighted by Gasteiger charge is 2.45. The Hall–Kier alpha value is -1.32. The van der Waals surface area contributed by atoms with Crippen molar-refractivity contribution < 1.29 is 19.1 Å². The van der Waals surface area contributed by atoms with E-state index in [4.69, 9.17) is 9.47 Å². The number of carbonyl (C=O) groups excluding carboxylic acids is 2. The third-order valence-corrected chi connectivity index (χ3v) is 2.76. The summed E-state index contributed by atoms with van der Waals surface area (Å²) in [4.78, 5) is 23.9. The summed E-state index contributed by atoms with van der Waals surface area (Å²) < 4.78 is 10.1. The van der Waals surface area contributed by atoms with Crippen molar-refractivity contribution >= 4 is 11.9 Å². The molecule has 0 aromatic carbocycles. The van der Waals surface area contributed by atoms with Gasteiger partial charge in [0.05, 0.1) is 6.61 Å². The van der Waals surface area contributed by atoms with Gasteiger partial charge in [-0.3, -0.25) is 9.59 Å². The van der Waals surface area contributed by atoms with E-state index < -0.39 is 17.4 Å². The molecule has 0 bridgehead atoms. The van der Waals surface area contributed by atoms with Gasteiger partial charge in [-0.1, -0.05) is 33.4 Å². The summed E-state index contributed by atoms with van der Waals surface area (Å²) in [5, 5.41) is 0. The molecule has 0 aromatic rings. The summed E-state index contributed by atoms with van der Waals surface area (Å²) in [6.45, 7) is 9.38. The van der Waals surface area contributed by atoms with Gasteiger partial charge >= 0.3 is 11.9 Å². The lowest BCUT2D eigenvalue weighted by molar-refractivity contribution is -0.172. The van der Waals surface area contributed by atoms with Crippen LogP contribution in [0.25, 0.3) is 0 Å². The molecule has 0 spiro atoms. The quantitative estimate of drug-likeness (QED) is 0.373. The van der Waals surface area contributed by atoms with Gasteiger partial charge in [0.1, 0.15) is 6.61 Å². The van der Waals surface area contributed by atoms with Crippen LogP contribution in [0.3, 0.4) is 0 Å². The summed E-state index contributed by atoms with van der Waals surface area (Å²) in [5.41, 5.74) is -1.17. The third kappa shape index (κ3) is 3.88. The Labute approximate surface area is 103 Å². The lowest BCUT2D eigenvalue weighted by atomic mass is 9.82. The predicted octanol–water partition coefficient (Wildman–Crippen LogP) is 2.48. The highest BCUT2D eigenvalue weighted by Crippen LogP contribution is 2.30. The van der Waals surface area contributed by atoms with Gasteiger partial charge in [0.2, 0.25) is 0 Å². The molecule has 0 saturated heterocycles. The lowest BCUT2D eigenvalue weighted by Crippen LogP contribution is -2.41. The van der Waals surface area contributed by atoms with Crippen molar-refractivity contribution in [1.82, 2.24) is 0 Å². The van der Waals surface area contributed by atoms with E-state index in [1.165, 1.54) is 6.08 Å². The van der Waals surface area contributed by atoms with Crippen molar-refractivity contribution in [3.05, 3.63) is 12.7 Å². The average Bonchev–Trinajstić information content (AvgIpc) is 2.35. The maximum atomic E-state index is 11.9. The van der Waals surface area contributed by atoms with Crippen LogP contribution in [0.2, 0.25) is 0 Å². The molecule has 0 aromatic heterocycles. The molecule has 0 aliphatic heterocycles. The Kier molecular flexibility index (Phi) is 7.26. The van der Waals surface area contributed by atoms with E-state index in [0.29, 0.717) is 19.4 Å². The number of hydrogen-bond acceptors (Lipinski definition) is 4. The highest BCUT2D eigenvalue weighted by atomic mass is 16.6. The minimum Gasteiger partial charge on any atom is -0.465 e. The number of esters is 2. The van der Waals surface area contributed by atoms with Crippen LogP contribution in [0.5, 0.6) is 0 Å². The van der Waals surface area contributed by atoms with E-state index in [9.17, 15) is 9.59 Å². The van der Waals surface area contributed by atoms with E-state index >= 15 is 0 Å². The van der Waals surface area contributed by atoms with Gasteiger partial charge in [0.25, 0.3) is 0 Å². The van der Waals surface area contributed by atoms with Gasteiger partial charge < -0.3 is 9.47 Å². The highest BCUT2D eigenvalue weighted by molar-refractivity contribution is 6.00. The smallest absolute Gasteiger partial charge is 0.323 e. The molecular weight excluding hydrogens is 220 g/mol. The molecule has 4 heteroatoms. The normalized spacial score (nSPS) is 10.8. The second kappa shape index (κ2) is 7.87. The predicted molar refractivity (Wildman–Crippen MR) is 65.4 cm³/mol. The van der Waals surface area contributed by atoms with Gasteiger partial charge in [-0.15, -0.1) is 0 Å². The first kappa shape index (κ1) is 15.7. The summed E-state index contributed by atoms with van der Waals surface area (Å²) in [6.07, 6.45) is 2.96. The van der Waals surface area contributed by atoms with Crippen LogP contribution in [-0.2, 0) is 19.1 Å². The van der Waals surface area contributed by atoms with Gasteiger partial charge in [-0.05, 0) is 19.3 Å². The summed E-state index contributed by atoms with van der Waals surface area (Å²) >= 11 is 0. The van der Waals surface area contributed by atoms with E-state index in [-0.39, 0.29) is 6.61 Å². The Bertz CT molecular complexity index is 267. The number of carbonyl (C=O) groups is 2. The maximum Gasteiger partial charge on any atom is 0.323 e. The Morgan fingerprint density at radius 3 is 2.06 bits per heavy atom. The van der Waals surface area contributed by atoms with Crippen LogP contribution in [0.1, 0.15) is 40.0 Å². The van der Waals surface area contributed by atoms with Crippen LogP contribution < -0.4 is 0 Å². The zero-order valence-electron chi connectivity index (χ0n) is 11.0. The Balaban J connectivity index is 4.80. The van der Waals surface area contributed by atoms with Crippen LogP contribution in [0.4, 0.5) is 0 Å². The molecule has 0 saturated carbocycles. The van der Waals surface area contributed by atoms with E-state index in [1.54, 1.807) is 13.8 Å². The fourth-order valence-electron chi connectivity index (χ4n) is 1.52. The minimum atomic E-state index is -1.17. The second-order valence-corrected chi connectivity index (χ2v) is 3.81. The summed E-state index contributed by atoms with van der Waals surface area (Å²) in [7, 11) is 0. The molecular formula is C13H22O4. The SMILES string of the molecule is C=CCOC(=O)C(CC)(CC)C(=O)OCCC. The molecule has 0 aliphatic rings. The summed E-state index contributed by atoms with van der Waals surface area (Å²) in [5.74, 6) is -1.01. The topological polar surface area (TPSA) is 52.6 Å². The minimum absolute atomic E-state index is 0.113. The van der Waals surface area contributed by atoms with Crippen molar-refractivity contribution in [3.8, 4) is 0 Å². The lowest BCUT2D eigenvalue weighted by Gasteiger charge is -2.26. The van der Waals surface area contributed by atoms with Gasteiger partial charge in [0, 0.05) is 0 Å². The van der Waals surface area contributed by atoms with Crippen LogP contribution in [0.15, 0.2) is 12.7 Å². The second-order valence-electron chi connectivity index (χ2n) is 3.81. The van der Waals surface area contributed by atoms with Gasteiger partial charge in [-0.25, -0.2) is 0 Å². The number of hydrogen-bond donors (Lipinski definition) is 0. The van der Waals surface area contributed by atoms with E-state index in [1.807, 2.05) is 6.92 Å². The molecule has 0 atom stereocenters. The van der Waals surface area contributed by atoms with Crippen LogP contribution in [-0.4, -0.2) is 25.2 Å². The van der Waals surface area contributed by atoms with Crippen molar-refractivity contribution in [2.24, 2.45) is 5.41 Å². The molecule has 98 valence electrons. The third-order valence-electron chi connectivity index (χ3n) is 2.76. The van der Waals surface area contributed by atoms with Gasteiger partial charge in [-0.2, -0.15) is 0 Å². The molecule has 0 aliphatic carbocycles. The maximum absolute atomic E-state index is 11.9. The first-order chi connectivity index (χ1) is 8.08. The zero-order valence-corrected chi connectivity index (χ0v) is 11.0. The fraction of sp³-hybridized carbons (Fsp3) is 0.692. The first-order valence-electron chi connectivity index (χ1n) is 6.04. The van der Waals surface area contributed by atoms with Crippen LogP contribution >= 0.6 is 0 Å².